The van der Waals surface area contributed by atoms with Gasteiger partial charge in [0.05, 0.1) is 25.3 Å². The number of nitrogens with zero attached hydrogens (tertiary/aromatic N) is 1. The Morgan fingerprint density at radius 2 is 1.76 bits per heavy atom. The van der Waals surface area contributed by atoms with E-state index in [0.717, 1.165) is 23.3 Å². The Bertz CT molecular complexity index is 1270. The highest BCUT2D eigenvalue weighted by Gasteiger charge is 2.47. The summed E-state index contributed by atoms with van der Waals surface area (Å²) in [5, 5.41) is 11.3. The van der Waals surface area contributed by atoms with E-state index in [-0.39, 0.29) is 11.3 Å². The molecular formula is C27H23NO5. The lowest BCUT2D eigenvalue weighted by Crippen LogP contribution is -2.29. The summed E-state index contributed by atoms with van der Waals surface area (Å²) < 4.78 is 10.8. The third-order valence-electron chi connectivity index (χ3n) is 6.15. The van der Waals surface area contributed by atoms with Gasteiger partial charge in [0.25, 0.3) is 11.7 Å². The van der Waals surface area contributed by atoms with Gasteiger partial charge >= 0.3 is 0 Å². The first kappa shape index (κ1) is 20.8. The molecule has 0 bridgehead atoms. The maximum absolute atomic E-state index is 13.3. The number of benzene rings is 3. The highest BCUT2D eigenvalue weighted by atomic mass is 16.5. The van der Waals surface area contributed by atoms with Gasteiger partial charge in [0.1, 0.15) is 17.3 Å². The summed E-state index contributed by atoms with van der Waals surface area (Å²) in [4.78, 5) is 27.9. The van der Waals surface area contributed by atoms with E-state index >= 15 is 0 Å². The average molecular weight is 441 g/mol. The van der Waals surface area contributed by atoms with Crippen LogP contribution in [0.1, 0.15) is 28.3 Å². The van der Waals surface area contributed by atoms with Crippen LogP contribution in [0.25, 0.3) is 5.76 Å². The van der Waals surface area contributed by atoms with Crippen molar-refractivity contribution in [3.05, 3.63) is 94.6 Å². The normalized spacial score (nSPS) is 18.8. The summed E-state index contributed by atoms with van der Waals surface area (Å²) in [6.07, 6.45) is 0.732. The molecule has 6 heteroatoms. The van der Waals surface area contributed by atoms with Crippen molar-refractivity contribution in [3.63, 3.8) is 0 Å². The Hall–Kier alpha value is -4.06. The van der Waals surface area contributed by atoms with Crippen LogP contribution >= 0.6 is 0 Å². The summed E-state index contributed by atoms with van der Waals surface area (Å²) in [5.41, 5.74) is 3.83. The number of rotatable bonds is 4. The fraction of sp³-hybridized carbons (Fsp3) is 0.185. The van der Waals surface area contributed by atoms with Crippen molar-refractivity contribution < 1.29 is 24.2 Å². The van der Waals surface area contributed by atoms with Gasteiger partial charge in [-0.15, -0.1) is 0 Å². The van der Waals surface area contributed by atoms with Gasteiger partial charge in [0.15, 0.2) is 0 Å². The number of aryl methyl sites for hydroxylation is 1. The van der Waals surface area contributed by atoms with E-state index in [9.17, 15) is 14.7 Å². The lowest BCUT2D eigenvalue weighted by molar-refractivity contribution is -0.132. The number of aliphatic hydroxyl groups is 1. The summed E-state index contributed by atoms with van der Waals surface area (Å²) >= 11 is 0. The summed E-state index contributed by atoms with van der Waals surface area (Å²) in [7, 11) is 1.57. The molecule has 1 saturated heterocycles. The zero-order chi connectivity index (χ0) is 23.1. The van der Waals surface area contributed by atoms with E-state index in [4.69, 9.17) is 9.47 Å². The lowest BCUT2D eigenvalue weighted by atomic mass is 9.94. The van der Waals surface area contributed by atoms with Gasteiger partial charge in [-0.3, -0.25) is 14.5 Å². The topological polar surface area (TPSA) is 76.1 Å². The number of hydrogen-bond donors (Lipinski definition) is 1. The third kappa shape index (κ3) is 3.53. The molecule has 2 aliphatic heterocycles. The molecule has 3 aromatic rings. The first-order valence-corrected chi connectivity index (χ1v) is 10.8. The number of amides is 1. The Labute approximate surface area is 191 Å². The first-order valence-electron chi connectivity index (χ1n) is 10.8. The maximum atomic E-state index is 13.3. The molecule has 2 heterocycles. The van der Waals surface area contributed by atoms with Gasteiger partial charge in [-0.25, -0.2) is 0 Å². The van der Waals surface area contributed by atoms with Crippen LogP contribution in [0, 0.1) is 6.92 Å². The number of anilines is 1. The minimum atomic E-state index is -0.775. The van der Waals surface area contributed by atoms with Crippen molar-refractivity contribution in [1.82, 2.24) is 0 Å². The highest BCUT2D eigenvalue weighted by Crippen LogP contribution is 2.43. The Morgan fingerprint density at radius 3 is 2.45 bits per heavy atom. The SMILES string of the molecule is COc1ccc(C2/C(=C(/O)c3ccc4c(c3)CCO4)C(=O)C(=O)N2c2ccc(C)cc2)cc1. The number of ketones is 1. The molecule has 0 aliphatic carbocycles. The van der Waals surface area contributed by atoms with Crippen LogP contribution in [0.2, 0.25) is 0 Å². The molecule has 33 heavy (non-hydrogen) atoms. The second-order valence-electron chi connectivity index (χ2n) is 8.20. The van der Waals surface area contributed by atoms with E-state index in [1.54, 1.807) is 43.5 Å². The van der Waals surface area contributed by atoms with Crippen LogP contribution in [0.4, 0.5) is 5.69 Å². The lowest BCUT2D eigenvalue weighted by Gasteiger charge is -2.25. The van der Waals surface area contributed by atoms with Crippen molar-refractivity contribution in [2.75, 3.05) is 18.6 Å². The number of methoxy groups -OCH3 is 1. The van der Waals surface area contributed by atoms with Crippen molar-refractivity contribution in [2.24, 2.45) is 0 Å². The van der Waals surface area contributed by atoms with Crippen LogP contribution in [-0.4, -0.2) is 30.5 Å². The molecule has 0 spiro atoms. The molecule has 1 atom stereocenters. The number of ether oxygens (including phenoxy) is 2. The van der Waals surface area contributed by atoms with E-state index in [1.807, 2.05) is 37.3 Å². The standard InChI is InChI=1S/C27H23NO5/c1-16-3-8-20(9-4-16)28-24(17-5-10-21(32-2)11-6-17)23(26(30)27(28)31)25(29)19-7-12-22-18(15-19)13-14-33-22/h3-12,15,24,29H,13-14H2,1-2H3/b25-23-. The first-order chi connectivity index (χ1) is 16.0. The van der Waals surface area contributed by atoms with Gasteiger partial charge in [-0.1, -0.05) is 29.8 Å². The van der Waals surface area contributed by atoms with Crippen LogP contribution in [0.5, 0.6) is 11.5 Å². The average Bonchev–Trinajstić information content (AvgIpc) is 3.41. The monoisotopic (exact) mass is 441 g/mol. The molecule has 2 aliphatic rings. The second kappa shape index (κ2) is 8.13. The molecule has 6 nitrogen and oxygen atoms in total. The molecule has 1 amide bonds. The fourth-order valence-electron chi connectivity index (χ4n) is 4.40. The van der Waals surface area contributed by atoms with Crippen LogP contribution in [0.15, 0.2) is 72.3 Å². The summed E-state index contributed by atoms with van der Waals surface area (Å²) in [6.45, 7) is 2.54. The number of carbonyl (C=O) groups is 2. The second-order valence-corrected chi connectivity index (χ2v) is 8.20. The van der Waals surface area contributed by atoms with Crippen LogP contribution in [0.3, 0.4) is 0 Å². The van der Waals surface area contributed by atoms with E-state index in [1.165, 1.54) is 4.90 Å². The molecule has 1 unspecified atom stereocenters. The third-order valence-corrected chi connectivity index (χ3v) is 6.15. The quantitative estimate of drug-likeness (QED) is 0.365. The van der Waals surface area contributed by atoms with Crippen molar-refractivity contribution in [2.45, 2.75) is 19.4 Å². The number of fused-ring (bicyclic) bond motifs is 1. The van der Waals surface area contributed by atoms with Gasteiger partial charge in [0, 0.05) is 17.7 Å². The summed E-state index contributed by atoms with van der Waals surface area (Å²) in [6, 6.07) is 19.1. The van der Waals surface area contributed by atoms with Crippen molar-refractivity contribution in [1.29, 1.82) is 0 Å². The van der Waals surface area contributed by atoms with E-state index in [0.29, 0.717) is 29.2 Å². The predicted octanol–water partition coefficient (Wildman–Crippen LogP) is 4.56. The zero-order valence-electron chi connectivity index (χ0n) is 18.4. The summed E-state index contributed by atoms with van der Waals surface area (Å²) in [5.74, 6) is -0.155. The van der Waals surface area contributed by atoms with Gasteiger partial charge in [-0.05, 0) is 60.5 Å². The van der Waals surface area contributed by atoms with E-state index < -0.39 is 17.7 Å². The molecule has 1 N–H and O–H groups in total. The zero-order valence-corrected chi connectivity index (χ0v) is 18.4. The highest BCUT2D eigenvalue weighted by molar-refractivity contribution is 6.51. The Kier molecular flexibility index (Phi) is 5.13. The van der Waals surface area contributed by atoms with Gasteiger partial charge in [-0.2, -0.15) is 0 Å². The van der Waals surface area contributed by atoms with E-state index in [2.05, 4.69) is 0 Å². The van der Waals surface area contributed by atoms with Crippen LogP contribution < -0.4 is 14.4 Å². The molecule has 0 saturated carbocycles. The molecule has 166 valence electrons. The van der Waals surface area contributed by atoms with Crippen LogP contribution in [-0.2, 0) is 16.0 Å². The number of Topliss-reactive ketones (excluding diaryl/α,β-unsaturated/α-hetero) is 1. The van der Waals surface area contributed by atoms with Gasteiger partial charge < -0.3 is 14.6 Å². The molecule has 0 radical (unpaired) electrons. The van der Waals surface area contributed by atoms with Crippen molar-refractivity contribution >= 4 is 23.1 Å². The molecule has 3 aromatic carbocycles. The molecule has 1 fully saturated rings. The minimum Gasteiger partial charge on any atom is -0.507 e. The van der Waals surface area contributed by atoms with Crippen molar-refractivity contribution in [3.8, 4) is 11.5 Å². The number of aliphatic hydroxyl groups excluding tert-OH is 1. The fourth-order valence-corrected chi connectivity index (χ4v) is 4.40. The number of hydrogen-bond acceptors (Lipinski definition) is 5. The minimum absolute atomic E-state index is 0.0598. The largest absolute Gasteiger partial charge is 0.507 e. The Balaban J connectivity index is 1.69. The smallest absolute Gasteiger partial charge is 0.300 e. The predicted molar refractivity (Wildman–Crippen MR) is 125 cm³/mol. The molecule has 5 rings (SSSR count). The molecular weight excluding hydrogens is 418 g/mol. The Morgan fingerprint density at radius 1 is 1.03 bits per heavy atom. The maximum Gasteiger partial charge on any atom is 0.300 e. The number of carbonyl (C=O) groups excluding carboxylic acids is 2. The molecule has 0 aromatic heterocycles. The van der Waals surface area contributed by atoms with Gasteiger partial charge in [0.2, 0.25) is 0 Å².